The van der Waals surface area contributed by atoms with Crippen LogP contribution >= 0.6 is 0 Å². The molecule has 1 aromatic rings. The highest BCUT2D eigenvalue weighted by molar-refractivity contribution is 5.06. The van der Waals surface area contributed by atoms with E-state index >= 15 is 0 Å². The third-order valence-corrected chi connectivity index (χ3v) is 2.92. The van der Waals surface area contributed by atoms with Gasteiger partial charge in [-0.3, -0.25) is 0 Å². The van der Waals surface area contributed by atoms with Gasteiger partial charge in [-0.15, -0.1) is 0 Å². The first-order valence-electron chi connectivity index (χ1n) is 6.71. The lowest BCUT2D eigenvalue weighted by Crippen LogP contribution is -2.18. The standard InChI is InChI=1S/C14H23NO3/c1-11(2)7-15-8-12-3-4-14(18-12)10-17-13-5-6-16-9-13/h3-4,11,13,15H,5-10H2,1-2H3. The Bertz CT molecular complexity index is 343. The SMILES string of the molecule is CC(C)CNCc1ccc(COC2CCOC2)o1. The molecule has 4 heteroatoms. The Morgan fingerprint density at radius 2 is 2.22 bits per heavy atom. The van der Waals surface area contributed by atoms with Crippen LogP contribution in [0, 0.1) is 5.92 Å². The molecule has 0 bridgehead atoms. The summed E-state index contributed by atoms with van der Waals surface area (Å²) in [6, 6.07) is 4.00. The molecule has 4 nitrogen and oxygen atoms in total. The molecule has 1 unspecified atom stereocenters. The average molecular weight is 253 g/mol. The summed E-state index contributed by atoms with van der Waals surface area (Å²) in [5.74, 6) is 2.52. The molecule has 1 fully saturated rings. The lowest BCUT2D eigenvalue weighted by molar-refractivity contribution is 0.0230. The summed E-state index contributed by atoms with van der Waals surface area (Å²) in [6.45, 7) is 8.24. The van der Waals surface area contributed by atoms with Crippen LogP contribution in [0.25, 0.3) is 0 Å². The molecule has 1 aromatic heterocycles. The van der Waals surface area contributed by atoms with E-state index in [1.54, 1.807) is 0 Å². The van der Waals surface area contributed by atoms with Gasteiger partial charge in [-0.05, 0) is 31.0 Å². The van der Waals surface area contributed by atoms with Crippen LogP contribution in [-0.2, 0) is 22.6 Å². The minimum atomic E-state index is 0.234. The molecule has 0 saturated carbocycles. The summed E-state index contributed by atoms with van der Waals surface area (Å²) in [6.07, 6.45) is 1.22. The highest BCUT2D eigenvalue weighted by Crippen LogP contribution is 2.14. The van der Waals surface area contributed by atoms with Gasteiger partial charge in [0.2, 0.25) is 0 Å². The van der Waals surface area contributed by atoms with Crippen LogP contribution < -0.4 is 5.32 Å². The van der Waals surface area contributed by atoms with Gasteiger partial charge < -0.3 is 19.2 Å². The second-order valence-corrected chi connectivity index (χ2v) is 5.19. The summed E-state index contributed by atoms with van der Waals surface area (Å²) < 4.78 is 16.7. The van der Waals surface area contributed by atoms with Crippen molar-refractivity contribution in [2.45, 2.75) is 39.5 Å². The Hall–Kier alpha value is -0.840. The lowest BCUT2D eigenvalue weighted by Gasteiger charge is -2.07. The number of hydrogen-bond acceptors (Lipinski definition) is 4. The van der Waals surface area contributed by atoms with Crippen LogP contribution in [-0.4, -0.2) is 25.9 Å². The lowest BCUT2D eigenvalue weighted by atomic mass is 10.2. The molecule has 0 spiro atoms. The Labute approximate surface area is 109 Å². The molecule has 0 amide bonds. The minimum Gasteiger partial charge on any atom is -0.462 e. The summed E-state index contributed by atoms with van der Waals surface area (Å²) in [5, 5.41) is 3.36. The largest absolute Gasteiger partial charge is 0.462 e. The fourth-order valence-electron chi connectivity index (χ4n) is 1.92. The Morgan fingerprint density at radius 1 is 1.39 bits per heavy atom. The maximum absolute atomic E-state index is 5.71. The third kappa shape index (κ3) is 4.44. The van der Waals surface area contributed by atoms with E-state index in [1.165, 1.54) is 0 Å². The first kappa shape index (κ1) is 13.6. The van der Waals surface area contributed by atoms with Crippen molar-refractivity contribution in [2.24, 2.45) is 5.92 Å². The smallest absolute Gasteiger partial charge is 0.129 e. The molecule has 1 saturated heterocycles. The maximum atomic E-state index is 5.71. The molecule has 1 N–H and O–H groups in total. The van der Waals surface area contributed by atoms with Crippen molar-refractivity contribution in [3.8, 4) is 0 Å². The van der Waals surface area contributed by atoms with E-state index in [9.17, 15) is 0 Å². The van der Waals surface area contributed by atoms with Gasteiger partial charge in [0.15, 0.2) is 0 Å². The topological polar surface area (TPSA) is 43.6 Å². The van der Waals surface area contributed by atoms with Gasteiger partial charge in [-0.25, -0.2) is 0 Å². The predicted molar refractivity (Wildman–Crippen MR) is 69.3 cm³/mol. The van der Waals surface area contributed by atoms with Gasteiger partial charge >= 0.3 is 0 Å². The molecule has 18 heavy (non-hydrogen) atoms. The van der Waals surface area contributed by atoms with E-state index in [4.69, 9.17) is 13.9 Å². The quantitative estimate of drug-likeness (QED) is 0.810. The van der Waals surface area contributed by atoms with E-state index in [0.717, 1.165) is 37.6 Å². The molecule has 2 rings (SSSR count). The van der Waals surface area contributed by atoms with Crippen LogP contribution in [0.15, 0.2) is 16.5 Å². The van der Waals surface area contributed by atoms with Gasteiger partial charge in [0, 0.05) is 6.61 Å². The van der Waals surface area contributed by atoms with Crippen LogP contribution in [0.2, 0.25) is 0 Å². The maximum Gasteiger partial charge on any atom is 0.129 e. The molecular formula is C14H23NO3. The van der Waals surface area contributed by atoms with E-state index in [1.807, 2.05) is 12.1 Å². The van der Waals surface area contributed by atoms with Crippen molar-refractivity contribution < 1.29 is 13.9 Å². The van der Waals surface area contributed by atoms with Crippen LogP contribution in [0.5, 0.6) is 0 Å². The second kappa shape index (κ2) is 6.92. The number of ether oxygens (including phenoxy) is 2. The van der Waals surface area contributed by atoms with E-state index in [2.05, 4.69) is 19.2 Å². The number of nitrogens with one attached hydrogen (secondary N) is 1. The van der Waals surface area contributed by atoms with Crippen molar-refractivity contribution in [3.05, 3.63) is 23.7 Å². The fraction of sp³-hybridized carbons (Fsp3) is 0.714. The van der Waals surface area contributed by atoms with Crippen LogP contribution in [0.1, 0.15) is 31.8 Å². The zero-order valence-electron chi connectivity index (χ0n) is 11.3. The molecule has 0 radical (unpaired) electrons. The van der Waals surface area contributed by atoms with Gasteiger partial charge in [-0.2, -0.15) is 0 Å². The van der Waals surface area contributed by atoms with E-state index in [-0.39, 0.29) is 6.10 Å². The van der Waals surface area contributed by atoms with Crippen LogP contribution in [0.4, 0.5) is 0 Å². The van der Waals surface area contributed by atoms with E-state index < -0.39 is 0 Å². The van der Waals surface area contributed by atoms with Crippen molar-refractivity contribution in [1.82, 2.24) is 5.32 Å². The molecule has 102 valence electrons. The monoisotopic (exact) mass is 253 g/mol. The highest BCUT2D eigenvalue weighted by atomic mass is 16.5. The Balaban J connectivity index is 1.68. The molecule has 0 aromatic carbocycles. The number of furan rings is 1. The number of hydrogen-bond donors (Lipinski definition) is 1. The van der Waals surface area contributed by atoms with Gasteiger partial charge in [0.25, 0.3) is 0 Å². The zero-order valence-corrected chi connectivity index (χ0v) is 11.3. The predicted octanol–water partition coefficient (Wildman–Crippen LogP) is 2.33. The Morgan fingerprint density at radius 3 is 2.94 bits per heavy atom. The first-order chi connectivity index (χ1) is 8.74. The first-order valence-corrected chi connectivity index (χ1v) is 6.71. The van der Waals surface area contributed by atoms with Crippen molar-refractivity contribution in [3.63, 3.8) is 0 Å². The second-order valence-electron chi connectivity index (χ2n) is 5.19. The molecule has 1 aliphatic heterocycles. The van der Waals surface area contributed by atoms with Gasteiger partial charge in [0.1, 0.15) is 18.1 Å². The average Bonchev–Trinajstić information content (AvgIpc) is 2.96. The number of rotatable bonds is 7. The summed E-state index contributed by atoms with van der Waals surface area (Å²) in [5.41, 5.74) is 0. The fourth-order valence-corrected chi connectivity index (χ4v) is 1.92. The summed E-state index contributed by atoms with van der Waals surface area (Å²) in [7, 11) is 0. The summed E-state index contributed by atoms with van der Waals surface area (Å²) in [4.78, 5) is 0. The molecule has 1 aliphatic rings. The Kier molecular flexibility index (Phi) is 5.23. The van der Waals surface area contributed by atoms with Crippen molar-refractivity contribution in [1.29, 1.82) is 0 Å². The minimum absolute atomic E-state index is 0.234. The van der Waals surface area contributed by atoms with E-state index in [0.29, 0.717) is 19.1 Å². The normalized spacial score (nSPS) is 19.8. The third-order valence-electron chi connectivity index (χ3n) is 2.92. The van der Waals surface area contributed by atoms with Crippen molar-refractivity contribution >= 4 is 0 Å². The molecular weight excluding hydrogens is 230 g/mol. The van der Waals surface area contributed by atoms with Crippen molar-refractivity contribution in [2.75, 3.05) is 19.8 Å². The van der Waals surface area contributed by atoms with Crippen LogP contribution in [0.3, 0.4) is 0 Å². The van der Waals surface area contributed by atoms with Gasteiger partial charge in [0.05, 0.1) is 19.3 Å². The molecule has 2 heterocycles. The molecule has 0 aliphatic carbocycles. The molecule has 1 atom stereocenters. The highest BCUT2D eigenvalue weighted by Gasteiger charge is 2.16. The van der Waals surface area contributed by atoms with Gasteiger partial charge in [-0.1, -0.05) is 13.8 Å². The zero-order chi connectivity index (χ0) is 12.8. The summed E-state index contributed by atoms with van der Waals surface area (Å²) >= 11 is 0.